The Hall–Kier alpha value is -0.920. The van der Waals surface area contributed by atoms with Crippen LogP contribution in [0.15, 0.2) is 12.2 Å². The molecule has 0 aliphatic carbocycles. The quantitative estimate of drug-likeness (QED) is 0.492. The summed E-state index contributed by atoms with van der Waals surface area (Å²) in [5.41, 5.74) is 0. The van der Waals surface area contributed by atoms with E-state index in [1.165, 1.54) is 12.2 Å². The third-order valence-corrected chi connectivity index (χ3v) is 2.48. The Morgan fingerprint density at radius 3 is 2.33 bits per heavy atom. The summed E-state index contributed by atoms with van der Waals surface area (Å²) >= 11 is 0. The van der Waals surface area contributed by atoms with E-state index in [9.17, 15) is 16.8 Å². The van der Waals surface area contributed by atoms with Crippen molar-refractivity contribution in [3.8, 4) is 0 Å². The predicted octanol–water partition coefficient (Wildman–Crippen LogP) is -1.45. The smallest absolute Gasteiger partial charge is 0.232 e. The number of nitrogens with one attached hydrogen (secondary N) is 1. The van der Waals surface area contributed by atoms with Gasteiger partial charge in [0.1, 0.15) is 9.98 Å². The molecule has 1 heterocycles. The molecule has 0 fully saturated rings. The van der Waals surface area contributed by atoms with E-state index in [0.717, 1.165) is 0 Å². The van der Waals surface area contributed by atoms with Crippen LogP contribution in [0, 0.1) is 0 Å². The van der Waals surface area contributed by atoms with Crippen LogP contribution in [0.2, 0.25) is 0 Å². The Balaban J connectivity index is 3.26. The molecule has 1 N–H and O–H groups in total. The van der Waals surface area contributed by atoms with Crippen LogP contribution in [-0.4, -0.2) is 26.8 Å². The van der Waals surface area contributed by atoms with Crippen molar-refractivity contribution in [2.45, 2.75) is 6.42 Å². The lowest BCUT2D eigenvalue weighted by molar-refractivity contribution is 0.626. The fourth-order valence-electron chi connectivity index (χ4n) is 0.710. The highest BCUT2D eigenvalue weighted by Crippen LogP contribution is 1.92. The van der Waals surface area contributed by atoms with Crippen molar-refractivity contribution in [1.82, 2.24) is 5.32 Å². The zero-order chi connectivity index (χ0) is 9.14. The highest BCUT2D eigenvalue weighted by atomic mass is 32.2. The van der Waals surface area contributed by atoms with E-state index in [0.29, 0.717) is 0 Å². The topological polar surface area (TPSA) is 80.3 Å². The molecule has 0 amide bonds. The van der Waals surface area contributed by atoms with Crippen molar-refractivity contribution in [1.29, 1.82) is 0 Å². The molecule has 0 atom stereocenters. The van der Waals surface area contributed by atoms with E-state index >= 15 is 0 Å². The van der Waals surface area contributed by atoms with E-state index in [4.69, 9.17) is 0 Å². The van der Waals surface area contributed by atoms with E-state index < -0.39 is 20.6 Å². The second kappa shape index (κ2) is 3.65. The highest BCUT2D eigenvalue weighted by molar-refractivity contribution is 7.74. The molecule has 1 aliphatic rings. The monoisotopic (exact) mass is 207 g/mol. The average Bonchev–Trinajstić information content (AvgIpc) is 2.04. The average molecular weight is 207 g/mol. The lowest BCUT2D eigenvalue weighted by atomic mass is 10.3. The predicted molar refractivity (Wildman–Crippen MR) is 44.7 cm³/mol. The maximum Gasteiger partial charge on any atom is 0.232 e. The summed E-state index contributed by atoms with van der Waals surface area (Å²) in [5.74, 6) is 0. The van der Waals surface area contributed by atoms with Gasteiger partial charge in [0.25, 0.3) is 0 Å². The van der Waals surface area contributed by atoms with Gasteiger partial charge in [0.05, 0.1) is 0 Å². The van der Waals surface area contributed by atoms with Crippen LogP contribution in [0.4, 0.5) is 0 Å². The van der Waals surface area contributed by atoms with E-state index in [-0.39, 0.29) is 16.4 Å². The number of hydrogen-bond acceptors (Lipinski definition) is 4. The minimum atomic E-state index is -2.41. The molecule has 0 spiro atoms. The molecular weight excluding hydrogens is 202 g/mol. The van der Waals surface area contributed by atoms with Crippen molar-refractivity contribution in [3.63, 3.8) is 0 Å². The molecule has 0 radical (unpaired) electrons. The van der Waals surface area contributed by atoms with Gasteiger partial charge in [-0.25, -0.2) is 5.32 Å². The molecule has 0 bridgehead atoms. The maximum absolute atomic E-state index is 10.4. The van der Waals surface area contributed by atoms with Crippen molar-refractivity contribution < 1.29 is 16.8 Å². The lowest BCUT2D eigenvalue weighted by Crippen LogP contribution is -2.32. The Morgan fingerprint density at radius 1 is 1.17 bits per heavy atom. The van der Waals surface area contributed by atoms with Crippen molar-refractivity contribution >= 4 is 30.6 Å². The zero-order valence-corrected chi connectivity index (χ0v) is 7.44. The molecule has 0 aromatic rings. The second-order valence-corrected chi connectivity index (χ2v) is 3.86. The fourth-order valence-corrected chi connectivity index (χ4v) is 1.61. The molecule has 0 saturated heterocycles. The molecule has 66 valence electrons. The summed E-state index contributed by atoms with van der Waals surface area (Å²) in [7, 11) is -4.79. The molecule has 1 aliphatic heterocycles. The first-order valence-electron chi connectivity index (χ1n) is 2.96. The van der Waals surface area contributed by atoms with Gasteiger partial charge in [0.15, 0.2) is 0 Å². The van der Waals surface area contributed by atoms with Gasteiger partial charge in [-0.1, -0.05) is 6.08 Å². The summed E-state index contributed by atoms with van der Waals surface area (Å²) in [6, 6.07) is 0. The Morgan fingerprint density at radius 2 is 1.83 bits per heavy atom. The molecule has 1 rings (SSSR count). The van der Waals surface area contributed by atoms with Crippen LogP contribution in [0.3, 0.4) is 0 Å². The van der Waals surface area contributed by atoms with Crippen LogP contribution in [0.5, 0.6) is 0 Å². The van der Waals surface area contributed by atoms with Gasteiger partial charge in [-0.3, -0.25) is 0 Å². The number of hydrogen-bond donors (Lipinski definition) is 1. The van der Waals surface area contributed by atoms with Gasteiger partial charge < -0.3 is 0 Å². The van der Waals surface area contributed by atoms with E-state index in [2.05, 4.69) is 5.32 Å². The molecule has 0 unspecified atom stereocenters. The minimum absolute atomic E-state index is 0.0308. The van der Waals surface area contributed by atoms with Gasteiger partial charge in [0.2, 0.25) is 20.6 Å². The first-order valence-corrected chi connectivity index (χ1v) is 5.11. The molecular formula is C5H5NO4S2. The molecule has 5 nitrogen and oxygen atoms in total. The zero-order valence-electron chi connectivity index (χ0n) is 5.81. The maximum atomic E-state index is 10.4. The normalized spacial score (nSPS) is 16.3. The lowest BCUT2D eigenvalue weighted by Gasteiger charge is -2.04. The Kier molecular flexibility index (Phi) is 2.79. The van der Waals surface area contributed by atoms with Gasteiger partial charge in [-0.2, -0.15) is 16.8 Å². The van der Waals surface area contributed by atoms with Crippen LogP contribution in [-0.2, 0) is 20.6 Å². The standard InChI is InChI=1S/C5H5NO4S2/c7-11(8)4-2-1-3-5(6-4)12(9)10/h1-2,6H,3H2. The summed E-state index contributed by atoms with van der Waals surface area (Å²) in [5, 5.41) is 2.27. The van der Waals surface area contributed by atoms with Gasteiger partial charge in [-0.05, 0) is 6.08 Å². The molecule has 7 heteroatoms. The van der Waals surface area contributed by atoms with E-state index in [1.54, 1.807) is 0 Å². The Labute approximate surface area is 71.8 Å². The van der Waals surface area contributed by atoms with Crippen LogP contribution in [0.25, 0.3) is 0 Å². The van der Waals surface area contributed by atoms with Crippen LogP contribution >= 0.6 is 0 Å². The SMILES string of the molecule is O=S(=O)=C1C=CCC(=S(=O)=O)N1. The van der Waals surface area contributed by atoms with Crippen molar-refractivity contribution in [3.05, 3.63) is 12.2 Å². The summed E-state index contributed by atoms with van der Waals surface area (Å²) < 4.78 is 41.5. The highest BCUT2D eigenvalue weighted by Gasteiger charge is 2.08. The third-order valence-electron chi connectivity index (χ3n) is 1.22. The third kappa shape index (κ3) is 2.03. The van der Waals surface area contributed by atoms with Gasteiger partial charge >= 0.3 is 0 Å². The summed E-state index contributed by atoms with van der Waals surface area (Å²) in [6.45, 7) is 0. The van der Waals surface area contributed by atoms with E-state index in [1.807, 2.05) is 0 Å². The van der Waals surface area contributed by atoms with Crippen LogP contribution < -0.4 is 5.32 Å². The second-order valence-electron chi connectivity index (χ2n) is 1.99. The van der Waals surface area contributed by atoms with Crippen LogP contribution in [0.1, 0.15) is 6.42 Å². The first-order chi connectivity index (χ1) is 5.61. The largest absolute Gasteiger partial charge is 0.236 e. The van der Waals surface area contributed by atoms with Gasteiger partial charge in [0, 0.05) is 6.42 Å². The number of rotatable bonds is 0. The summed E-state index contributed by atoms with van der Waals surface area (Å²) in [6.07, 6.45) is 2.99. The van der Waals surface area contributed by atoms with Gasteiger partial charge in [-0.15, -0.1) is 0 Å². The molecule has 0 saturated carbocycles. The first kappa shape index (κ1) is 9.17. The minimum Gasteiger partial charge on any atom is -0.236 e. The van der Waals surface area contributed by atoms with Crippen molar-refractivity contribution in [2.75, 3.05) is 0 Å². The summed E-state index contributed by atoms with van der Waals surface area (Å²) in [4.78, 5) is -0.155. The van der Waals surface area contributed by atoms with Crippen molar-refractivity contribution in [2.24, 2.45) is 0 Å². The molecule has 12 heavy (non-hydrogen) atoms. The Bertz CT molecular complexity index is 464. The fraction of sp³-hybridized carbons (Fsp3) is 0.200. The molecule has 0 aromatic carbocycles. The molecule has 0 aromatic heterocycles.